The Morgan fingerprint density at radius 2 is 2.04 bits per heavy atom. The van der Waals surface area contributed by atoms with E-state index >= 15 is 0 Å². The number of piperazine rings is 1. The minimum atomic E-state index is 0.250. The number of aryl methyl sites for hydroxylation is 1. The summed E-state index contributed by atoms with van der Waals surface area (Å²) in [6.07, 6.45) is 5.58. The molecule has 1 aromatic carbocycles. The predicted octanol–water partition coefficient (Wildman–Crippen LogP) is 2.87. The Labute approximate surface area is 160 Å². The van der Waals surface area contributed by atoms with Crippen LogP contribution in [0.4, 0.5) is 6.01 Å². The average molecular weight is 384 g/mol. The number of fused-ring (bicyclic) bond motifs is 3. The Hall–Kier alpha value is -2.54. The summed E-state index contributed by atoms with van der Waals surface area (Å²) >= 11 is 1.64. The monoisotopic (exact) mass is 384 g/mol. The van der Waals surface area contributed by atoms with Crippen molar-refractivity contribution in [3.8, 4) is 10.6 Å². The van der Waals surface area contributed by atoms with Crippen LogP contribution in [0.2, 0.25) is 0 Å². The maximum atomic E-state index is 8.12. The smallest absolute Gasteiger partial charge is 0.373 e. The second-order valence-electron chi connectivity index (χ2n) is 6.81. The first kappa shape index (κ1) is 17.9. The first-order chi connectivity index (χ1) is 13.2. The van der Waals surface area contributed by atoms with Crippen LogP contribution in [-0.4, -0.2) is 41.3 Å². The zero-order valence-corrected chi connectivity index (χ0v) is 15.8. The van der Waals surface area contributed by atoms with E-state index in [1.807, 2.05) is 11.6 Å². The zero-order valence-electron chi connectivity index (χ0n) is 15.0. The molecule has 2 unspecified atom stereocenters. The topological polar surface area (TPSA) is 88.3 Å². The Bertz CT molecular complexity index is 951. The van der Waals surface area contributed by atoms with E-state index in [0.29, 0.717) is 12.1 Å². The van der Waals surface area contributed by atoms with Gasteiger partial charge in [0, 0.05) is 36.8 Å². The van der Waals surface area contributed by atoms with Crippen molar-refractivity contribution < 1.29 is 14.0 Å². The molecular weight excluding hydrogens is 364 g/mol. The van der Waals surface area contributed by atoms with E-state index in [0.717, 1.165) is 47.2 Å². The van der Waals surface area contributed by atoms with Crippen LogP contribution < -0.4 is 10.2 Å². The largest absolute Gasteiger partial charge is 0.423 e. The first-order valence-corrected chi connectivity index (χ1v) is 9.93. The molecule has 7 nitrogen and oxygen atoms in total. The fourth-order valence-corrected chi connectivity index (χ4v) is 4.54. The fraction of sp³-hybridized carbons (Fsp3) is 0.421. The van der Waals surface area contributed by atoms with Crippen molar-refractivity contribution >= 4 is 34.6 Å². The van der Waals surface area contributed by atoms with Gasteiger partial charge in [0.1, 0.15) is 10.5 Å². The second kappa shape index (κ2) is 7.60. The Morgan fingerprint density at radius 3 is 2.67 bits per heavy atom. The van der Waals surface area contributed by atoms with E-state index in [-0.39, 0.29) is 6.15 Å². The molecular formula is C19H20N4O3S. The third kappa shape index (κ3) is 3.51. The van der Waals surface area contributed by atoms with Crippen LogP contribution in [0.25, 0.3) is 21.7 Å². The van der Waals surface area contributed by atoms with Crippen molar-refractivity contribution in [2.24, 2.45) is 0 Å². The molecule has 2 aliphatic heterocycles. The molecule has 5 rings (SSSR count). The number of thiazole rings is 1. The summed E-state index contributed by atoms with van der Waals surface area (Å²) in [4.78, 5) is 27.8. The predicted molar refractivity (Wildman–Crippen MR) is 102 cm³/mol. The lowest BCUT2D eigenvalue weighted by atomic mass is 10.1. The van der Waals surface area contributed by atoms with Crippen LogP contribution in [0.15, 0.2) is 28.1 Å². The maximum absolute atomic E-state index is 8.12. The zero-order chi connectivity index (χ0) is 18.8. The van der Waals surface area contributed by atoms with Crippen molar-refractivity contribution in [1.82, 2.24) is 15.3 Å². The van der Waals surface area contributed by atoms with E-state index in [1.54, 1.807) is 11.3 Å². The first-order valence-electron chi connectivity index (χ1n) is 9.05. The molecule has 2 aromatic heterocycles. The lowest BCUT2D eigenvalue weighted by molar-refractivity contribution is -0.191. The third-order valence-electron chi connectivity index (χ3n) is 5.10. The maximum Gasteiger partial charge on any atom is 0.373 e. The van der Waals surface area contributed by atoms with Crippen molar-refractivity contribution in [2.45, 2.75) is 38.3 Å². The minimum absolute atomic E-state index is 0.250. The number of nitrogens with one attached hydrogen (secondary N) is 1. The molecule has 2 fully saturated rings. The number of aromatic nitrogens is 2. The molecule has 140 valence electrons. The summed E-state index contributed by atoms with van der Waals surface area (Å²) in [5, 5.41) is 6.66. The number of nitrogens with zero attached hydrogens (tertiary/aromatic N) is 3. The second-order valence-corrected chi connectivity index (χ2v) is 7.70. The van der Waals surface area contributed by atoms with Crippen LogP contribution in [0.1, 0.15) is 25.3 Å². The van der Waals surface area contributed by atoms with Crippen LogP contribution >= 0.6 is 11.3 Å². The highest BCUT2D eigenvalue weighted by atomic mass is 32.1. The number of hydrogen-bond acceptors (Lipinski definition) is 8. The standard InChI is InChI=1S/C18H20N4OS.CO2/c1-2-11-7-14(17-19-5-6-24-17)16-15(8-11)21-18(23-16)22-9-12-3-4-13(10-22)20-12;2-1-3/h5-8,12-13,20H,2-4,9-10H2,1H3;. The summed E-state index contributed by atoms with van der Waals surface area (Å²) in [5.74, 6) is 0. The van der Waals surface area contributed by atoms with Gasteiger partial charge in [-0.1, -0.05) is 6.92 Å². The molecule has 2 aliphatic rings. The highest BCUT2D eigenvalue weighted by Gasteiger charge is 2.34. The molecule has 0 amide bonds. The van der Waals surface area contributed by atoms with Gasteiger partial charge in [0.25, 0.3) is 6.01 Å². The molecule has 4 heterocycles. The SMILES string of the molecule is CCc1cc(-c2nccs2)c2oc(N3CC4CCC(C3)N4)nc2c1.O=C=O. The van der Waals surface area contributed by atoms with E-state index in [2.05, 4.69) is 34.3 Å². The van der Waals surface area contributed by atoms with Gasteiger partial charge in [-0.15, -0.1) is 11.3 Å². The quantitative estimate of drug-likeness (QED) is 0.743. The van der Waals surface area contributed by atoms with Crippen molar-refractivity contribution in [3.63, 3.8) is 0 Å². The van der Waals surface area contributed by atoms with Crippen LogP contribution in [0.5, 0.6) is 0 Å². The van der Waals surface area contributed by atoms with E-state index in [1.165, 1.54) is 18.4 Å². The minimum Gasteiger partial charge on any atom is -0.423 e. The van der Waals surface area contributed by atoms with Gasteiger partial charge in [-0.2, -0.15) is 14.6 Å². The normalized spacial score (nSPS) is 21.0. The Balaban J connectivity index is 0.000000565. The molecule has 2 bridgehead atoms. The van der Waals surface area contributed by atoms with Crippen molar-refractivity contribution in [3.05, 3.63) is 29.3 Å². The number of rotatable bonds is 3. The third-order valence-corrected chi connectivity index (χ3v) is 5.90. The number of anilines is 1. The summed E-state index contributed by atoms with van der Waals surface area (Å²) in [6, 6.07) is 6.25. The molecule has 2 saturated heterocycles. The highest BCUT2D eigenvalue weighted by molar-refractivity contribution is 7.13. The van der Waals surface area contributed by atoms with Gasteiger partial charge >= 0.3 is 6.15 Å². The van der Waals surface area contributed by atoms with Gasteiger partial charge < -0.3 is 14.6 Å². The summed E-state index contributed by atoms with van der Waals surface area (Å²) in [6.45, 7) is 4.13. The average Bonchev–Trinajstić information content (AvgIpc) is 3.41. The van der Waals surface area contributed by atoms with Crippen molar-refractivity contribution in [1.29, 1.82) is 0 Å². The summed E-state index contributed by atoms with van der Waals surface area (Å²) < 4.78 is 6.24. The molecule has 0 radical (unpaired) electrons. The molecule has 0 saturated carbocycles. The molecule has 1 N–H and O–H groups in total. The Morgan fingerprint density at radius 1 is 1.30 bits per heavy atom. The van der Waals surface area contributed by atoms with Crippen LogP contribution in [0, 0.1) is 0 Å². The van der Waals surface area contributed by atoms with E-state index in [9.17, 15) is 0 Å². The lowest BCUT2D eigenvalue weighted by Gasteiger charge is -2.31. The van der Waals surface area contributed by atoms with Crippen LogP contribution in [0.3, 0.4) is 0 Å². The van der Waals surface area contributed by atoms with Crippen LogP contribution in [-0.2, 0) is 16.0 Å². The molecule has 8 heteroatoms. The Kier molecular flexibility index (Phi) is 5.03. The van der Waals surface area contributed by atoms with Gasteiger partial charge in [-0.05, 0) is 37.0 Å². The fourth-order valence-electron chi connectivity index (χ4n) is 3.89. The summed E-state index contributed by atoms with van der Waals surface area (Å²) in [7, 11) is 0. The van der Waals surface area contributed by atoms with Gasteiger partial charge in [0.15, 0.2) is 5.58 Å². The number of oxazole rings is 1. The van der Waals surface area contributed by atoms with Gasteiger partial charge in [-0.25, -0.2) is 4.98 Å². The number of carbonyl (C=O) groups excluding carboxylic acids is 2. The van der Waals surface area contributed by atoms with Gasteiger partial charge in [-0.3, -0.25) is 0 Å². The van der Waals surface area contributed by atoms with Crippen molar-refractivity contribution in [2.75, 3.05) is 18.0 Å². The molecule has 27 heavy (non-hydrogen) atoms. The van der Waals surface area contributed by atoms with Gasteiger partial charge in [0.2, 0.25) is 0 Å². The highest BCUT2D eigenvalue weighted by Crippen LogP contribution is 2.35. The summed E-state index contributed by atoms with van der Waals surface area (Å²) in [5.41, 5.74) is 4.15. The van der Waals surface area contributed by atoms with Gasteiger partial charge in [0.05, 0.1) is 5.56 Å². The number of benzene rings is 1. The molecule has 3 aromatic rings. The molecule has 0 aliphatic carbocycles. The van der Waals surface area contributed by atoms with E-state index < -0.39 is 0 Å². The lowest BCUT2D eigenvalue weighted by Crippen LogP contribution is -2.51. The molecule has 2 atom stereocenters. The number of hydrogen-bond donors (Lipinski definition) is 1. The molecule has 0 spiro atoms. The van der Waals surface area contributed by atoms with E-state index in [4.69, 9.17) is 19.0 Å².